The van der Waals surface area contributed by atoms with E-state index in [9.17, 15) is 4.79 Å². The first kappa shape index (κ1) is 14.8. The van der Waals surface area contributed by atoms with Gasteiger partial charge in [0.2, 0.25) is 5.91 Å². The molecule has 1 amide bonds. The van der Waals surface area contributed by atoms with Gasteiger partial charge in [0, 0.05) is 23.2 Å². The lowest BCUT2D eigenvalue weighted by atomic mass is 10.1. The number of nitrogens with zero attached hydrogens (tertiary/aromatic N) is 2. The van der Waals surface area contributed by atoms with Gasteiger partial charge in [0.1, 0.15) is 13.1 Å². The Morgan fingerprint density at radius 2 is 1.83 bits per heavy atom. The molecule has 1 fully saturated rings. The molecule has 0 atom stereocenters. The molecular formula is C19H21N4O+. The van der Waals surface area contributed by atoms with Crippen LogP contribution < -0.4 is 9.88 Å². The molecule has 3 heterocycles. The van der Waals surface area contributed by atoms with Gasteiger partial charge in [0.05, 0.1) is 25.7 Å². The average Bonchev–Trinajstić information content (AvgIpc) is 3.06. The summed E-state index contributed by atoms with van der Waals surface area (Å²) < 4.78 is 0. The van der Waals surface area contributed by atoms with Crippen LogP contribution in [-0.2, 0) is 11.2 Å². The maximum absolute atomic E-state index is 12.6. The van der Waals surface area contributed by atoms with E-state index in [2.05, 4.69) is 27.0 Å². The zero-order valence-corrected chi connectivity index (χ0v) is 13.5. The molecule has 4 rings (SSSR count). The number of aromatic nitrogens is 2. The van der Waals surface area contributed by atoms with Gasteiger partial charge in [-0.15, -0.1) is 0 Å². The van der Waals surface area contributed by atoms with Crippen LogP contribution >= 0.6 is 0 Å². The van der Waals surface area contributed by atoms with Crippen molar-refractivity contribution in [2.45, 2.75) is 6.42 Å². The first-order valence-electron chi connectivity index (χ1n) is 8.36. The molecule has 2 N–H and O–H groups in total. The third-order valence-electron chi connectivity index (χ3n) is 4.68. The Morgan fingerprint density at radius 1 is 1.04 bits per heavy atom. The smallest absolute Gasteiger partial charge is 0.274 e. The van der Waals surface area contributed by atoms with Crippen molar-refractivity contribution in [3.63, 3.8) is 0 Å². The fourth-order valence-electron chi connectivity index (χ4n) is 3.33. The molecule has 122 valence electrons. The number of carbonyl (C=O) groups is 1. The topological polar surface area (TPSA) is 53.5 Å². The molecule has 2 aromatic heterocycles. The fourth-order valence-corrected chi connectivity index (χ4v) is 3.33. The van der Waals surface area contributed by atoms with Crippen LogP contribution in [0.1, 0.15) is 5.56 Å². The first-order valence-corrected chi connectivity index (χ1v) is 8.36. The molecule has 0 radical (unpaired) electrons. The lowest BCUT2D eigenvalue weighted by Crippen LogP contribution is -2.50. The summed E-state index contributed by atoms with van der Waals surface area (Å²) in [6.45, 7) is 3.26. The maximum Gasteiger partial charge on any atom is 0.274 e. The third-order valence-corrected chi connectivity index (χ3v) is 4.68. The van der Waals surface area contributed by atoms with E-state index in [1.807, 2.05) is 47.6 Å². The van der Waals surface area contributed by atoms with E-state index in [4.69, 9.17) is 0 Å². The average molecular weight is 321 g/mol. The van der Waals surface area contributed by atoms with E-state index in [1.165, 1.54) is 0 Å². The number of piperazine rings is 1. The number of anilines is 1. The summed E-state index contributed by atoms with van der Waals surface area (Å²) in [6.07, 6.45) is 4.35. The number of H-pyrrole nitrogens is 2. The second-order valence-corrected chi connectivity index (χ2v) is 6.15. The summed E-state index contributed by atoms with van der Waals surface area (Å²) in [4.78, 5) is 23.4. The Morgan fingerprint density at radius 3 is 2.62 bits per heavy atom. The number of nitrogens with one attached hydrogen (secondary N) is 2. The number of pyridine rings is 1. The van der Waals surface area contributed by atoms with Gasteiger partial charge in [-0.2, -0.15) is 0 Å². The van der Waals surface area contributed by atoms with Crippen molar-refractivity contribution in [3.8, 4) is 0 Å². The molecule has 1 aliphatic rings. The Balaban J connectivity index is 1.40. The lowest BCUT2D eigenvalue weighted by Gasteiger charge is -2.31. The zero-order chi connectivity index (χ0) is 16.4. The molecule has 0 spiro atoms. The minimum Gasteiger partial charge on any atom is -0.361 e. The molecule has 5 heteroatoms. The highest BCUT2D eigenvalue weighted by Gasteiger charge is 2.26. The van der Waals surface area contributed by atoms with Crippen LogP contribution in [0.3, 0.4) is 0 Å². The van der Waals surface area contributed by atoms with E-state index in [0.29, 0.717) is 6.42 Å². The van der Waals surface area contributed by atoms with Crippen molar-refractivity contribution in [2.75, 3.05) is 31.1 Å². The first-order chi connectivity index (χ1) is 11.8. The van der Waals surface area contributed by atoms with E-state index in [-0.39, 0.29) is 5.91 Å². The number of para-hydroxylation sites is 1. The number of hydrogen-bond donors (Lipinski definition) is 1. The van der Waals surface area contributed by atoms with Gasteiger partial charge in [0.15, 0.2) is 0 Å². The predicted octanol–water partition coefficient (Wildman–Crippen LogP) is 1.87. The highest BCUT2D eigenvalue weighted by molar-refractivity contribution is 5.89. The number of hydrogen-bond acceptors (Lipinski definition) is 2. The second kappa shape index (κ2) is 6.35. The summed E-state index contributed by atoms with van der Waals surface area (Å²) in [5, 5.41) is 1.14. The van der Waals surface area contributed by atoms with Crippen molar-refractivity contribution >= 4 is 22.6 Å². The summed E-state index contributed by atoms with van der Waals surface area (Å²) in [5.41, 5.74) is 2.17. The molecule has 24 heavy (non-hydrogen) atoms. The van der Waals surface area contributed by atoms with Gasteiger partial charge in [-0.1, -0.05) is 24.3 Å². The number of carbonyl (C=O) groups excluding carboxylic acids is 1. The number of rotatable bonds is 3. The van der Waals surface area contributed by atoms with Crippen molar-refractivity contribution < 1.29 is 9.78 Å². The molecule has 0 aliphatic carbocycles. The fraction of sp³-hybridized carbons (Fsp3) is 0.263. The molecule has 1 aliphatic heterocycles. The lowest BCUT2D eigenvalue weighted by molar-refractivity contribution is -0.364. The summed E-state index contributed by atoms with van der Waals surface area (Å²) >= 11 is 0. The second-order valence-electron chi connectivity index (χ2n) is 6.15. The van der Waals surface area contributed by atoms with Crippen LogP contribution in [0, 0.1) is 0 Å². The Labute approximate surface area is 140 Å². The quantitative estimate of drug-likeness (QED) is 0.801. The van der Waals surface area contributed by atoms with Crippen molar-refractivity contribution in [2.24, 2.45) is 0 Å². The molecule has 3 aromatic rings. The monoisotopic (exact) mass is 321 g/mol. The van der Waals surface area contributed by atoms with E-state index in [0.717, 1.165) is 48.5 Å². The molecule has 0 bridgehead atoms. The molecule has 0 unspecified atom stereocenters. The minimum atomic E-state index is 0.205. The van der Waals surface area contributed by atoms with Gasteiger partial charge >= 0.3 is 0 Å². The van der Waals surface area contributed by atoms with E-state index < -0.39 is 0 Å². The Bertz CT molecular complexity index is 835. The summed E-state index contributed by atoms with van der Waals surface area (Å²) in [7, 11) is 0. The van der Waals surface area contributed by atoms with Crippen LogP contribution in [0.25, 0.3) is 10.9 Å². The van der Waals surface area contributed by atoms with Crippen LogP contribution in [0.4, 0.5) is 5.82 Å². The van der Waals surface area contributed by atoms with Gasteiger partial charge < -0.3 is 9.88 Å². The highest BCUT2D eigenvalue weighted by atomic mass is 16.2. The highest BCUT2D eigenvalue weighted by Crippen LogP contribution is 2.19. The SMILES string of the molecule is O=C(Cc1c[nH]c2ccccc12)N1CCN(c2cccc[nH+]2)CC1. The van der Waals surface area contributed by atoms with Crippen molar-refractivity contribution in [1.82, 2.24) is 9.88 Å². The molecule has 0 saturated carbocycles. The van der Waals surface area contributed by atoms with Gasteiger partial charge in [-0.3, -0.25) is 9.69 Å². The van der Waals surface area contributed by atoms with Gasteiger partial charge in [0.25, 0.3) is 5.82 Å². The largest absolute Gasteiger partial charge is 0.361 e. The van der Waals surface area contributed by atoms with E-state index >= 15 is 0 Å². The van der Waals surface area contributed by atoms with Gasteiger partial charge in [-0.25, -0.2) is 4.98 Å². The molecule has 1 aromatic carbocycles. The van der Waals surface area contributed by atoms with E-state index in [1.54, 1.807) is 0 Å². The van der Waals surface area contributed by atoms with Crippen molar-refractivity contribution in [1.29, 1.82) is 0 Å². The number of benzene rings is 1. The van der Waals surface area contributed by atoms with Crippen LogP contribution in [0.2, 0.25) is 0 Å². The third kappa shape index (κ3) is 2.85. The van der Waals surface area contributed by atoms with Gasteiger partial charge in [-0.05, 0) is 17.7 Å². The summed E-state index contributed by atoms with van der Waals surface area (Å²) in [5.74, 6) is 1.32. The minimum absolute atomic E-state index is 0.205. The number of aromatic amines is 2. The Kier molecular flexibility index (Phi) is 3.91. The van der Waals surface area contributed by atoms with Crippen LogP contribution in [0.5, 0.6) is 0 Å². The number of fused-ring (bicyclic) bond motifs is 1. The Hall–Kier alpha value is -2.82. The maximum atomic E-state index is 12.6. The summed E-state index contributed by atoms with van der Waals surface area (Å²) in [6, 6.07) is 14.2. The molecule has 1 saturated heterocycles. The molecular weight excluding hydrogens is 300 g/mol. The zero-order valence-electron chi connectivity index (χ0n) is 13.5. The number of amides is 1. The molecule has 5 nitrogen and oxygen atoms in total. The van der Waals surface area contributed by atoms with Crippen LogP contribution in [0.15, 0.2) is 54.9 Å². The standard InChI is InChI=1S/C19H20N4O/c24-19(13-15-14-21-17-6-2-1-5-16(15)17)23-11-9-22(10-12-23)18-7-3-4-8-20-18/h1-8,14,21H,9-13H2/p+1. The van der Waals surface area contributed by atoms with Crippen molar-refractivity contribution in [3.05, 3.63) is 60.4 Å². The predicted molar refractivity (Wildman–Crippen MR) is 93.8 cm³/mol. The van der Waals surface area contributed by atoms with Crippen LogP contribution in [-0.4, -0.2) is 42.0 Å². The normalized spacial score (nSPS) is 15.0.